The van der Waals surface area contributed by atoms with E-state index in [0.29, 0.717) is 18.1 Å². The Balaban J connectivity index is 1.59. The van der Waals surface area contributed by atoms with Crippen LogP contribution in [0.1, 0.15) is 61.4 Å². The number of nitrogens with zero attached hydrogens (tertiary/aromatic N) is 3. The molecule has 3 aromatic rings. The fourth-order valence-corrected chi connectivity index (χ4v) is 4.90. The highest BCUT2D eigenvalue weighted by Crippen LogP contribution is 2.27. The molecule has 2 amide bonds. The smallest absolute Gasteiger partial charge is 0.258 e. The van der Waals surface area contributed by atoms with Crippen molar-refractivity contribution in [2.45, 2.75) is 52.0 Å². The van der Waals surface area contributed by atoms with Gasteiger partial charge in [-0.25, -0.2) is 4.98 Å². The number of fused-ring (bicyclic) bond motifs is 1. The Morgan fingerprint density at radius 2 is 1.97 bits per heavy atom. The number of amides is 2. The first kappa shape index (κ1) is 24.2. The van der Waals surface area contributed by atoms with Gasteiger partial charge in [-0.3, -0.25) is 19.5 Å². The van der Waals surface area contributed by atoms with Gasteiger partial charge < -0.3 is 4.90 Å². The van der Waals surface area contributed by atoms with Gasteiger partial charge in [-0.1, -0.05) is 60.3 Å². The van der Waals surface area contributed by atoms with Gasteiger partial charge in [-0.15, -0.1) is 0 Å². The lowest BCUT2D eigenvalue weighted by molar-refractivity contribution is -0.135. The van der Waals surface area contributed by atoms with E-state index in [1.807, 2.05) is 53.1 Å². The molecule has 0 unspecified atom stereocenters. The maximum atomic E-state index is 12.9. The number of hydrogen-bond donors (Lipinski definition) is 1. The molecule has 7 heteroatoms. The van der Waals surface area contributed by atoms with E-state index in [4.69, 9.17) is 0 Å². The van der Waals surface area contributed by atoms with Gasteiger partial charge in [0.05, 0.1) is 11.0 Å². The second kappa shape index (κ2) is 11.0. The summed E-state index contributed by atoms with van der Waals surface area (Å²) in [6.45, 7) is 2.61. The number of hydrogen-bond acceptors (Lipinski definition) is 3. The molecule has 1 saturated carbocycles. The van der Waals surface area contributed by atoms with Crippen molar-refractivity contribution in [3.63, 3.8) is 0 Å². The molecule has 0 spiro atoms. The average Bonchev–Trinajstić information content (AvgIpc) is 3.18. The van der Waals surface area contributed by atoms with Crippen molar-refractivity contribution in [2.75, 3.05) is 12.4 Å². The zero-order valence-electron chi connectivity index (χ0n) is 19.8. The van der Waals surface area contributed by atoms with Gasteiger partial charge in [0.2, 0.25) is 11.9 Å². The lowest BCUT2D eigenvalue weighted by Gasteiger charge is -2.26. The van der Waals surface area contributed by atoms with Crippen LogP contribution in [-0.2, 0) is 11.3 Å². The summed E-state index contributed by atoms with van der Waals surface area (Å²) < 4.78 is 2.75. The number of carbonyl (C=O) groups excluding carboxylic acids is 2. The van der Waals surface area contributed by atoms with Crippen LogP contribution < -0.4 is 5.32 Å². The summed E-state index contributed by atoms with van der Waals surface area (Å²) in [6, 6.07) is 13.3. The third-order valence-electron chi connectivity index (χ3n) is 6.31. The number of allylic oxidation sites excluding steroid dienone is 1. The van der Waals surface area contributed by atoms with E-state index in [9.17, 15) is 9.59 Å². The van der Waals surface area contributed by atoms with E-state index in [2.05, 4.69) is 39.2 Å². The summed E-state index contributed by atoms with van der Waals surface area (Å²) in [5, 5.41) is 2.95. The largest absolute Gasteiger partial charge is 0.341 e. The van der Waals surface area contributed by atoms with E-state index < -0.39 is 0 Å². The fourth-order valence-electron chi connectivity index (χ4n) is 4.50. The van der Waals surface area contributed by atoms with Crippen molar-refractivity contribution >= 4 is 50.9 Å². The monoisotopic (exact) mass is 522 g/mol. The first-order valence-corrected chi connectivity index (χ1v) is 12.7. The van der Waals surface area contributed by atoms with Gasteiger partial charge in [0.1, 0.15) is 0 Å². The molecule has 0 aliphatic heterocycles. The Hall–Kier alpha value is -2.93. The molecule has 178 valence electrons. The molecule has 0 atom stereocenters. The van der Waals surface area contributed by atoms with Crippen LogP contribution in [-0.4, -0.2) is 33.3 Å². The molecule has 1 N–H and O–H groups in total. The number of benzene rings is 2. The van der Waals surface area contributed by atoms with Gasteiger partial charge in [-0.05, 0) is 55.2 Å². The number of imidazole rings is 1. The summed E-state index contributed by atoms with van der Waals surface area (Å²) in [5.74, 6) is 0.635. The minimum Gasteiger partial charge on any atom is -0.341 e. The topological polar surface area (TPSA) is 67.2 Å². The van der Waals surface area contributed by atoms with Crippen molar-refractivity contribution < 1.29 is 9.59 Å². The second-order valence-electron chi connectivity index (χ2n) is 8.92. The van der Waals surface area contributed by atoms with Gasteiger partial charge in [0.15, 0.2) is 0 Å². The van der Waals surface area contributed by atoms with Crippen LogP contribution in [0.3, 0.4) is 0 Å². The average molecular weight is 523 g/mol. The predicted octanol–water partition coefficient (Wildman–Crippen LogP) is 6.47. The third kappa shape index (κ3) is 5.58. The van der Waals surface area contributed by atoms with Gasteiger partial charge in [0, 0.05) is 35.7 Å². The van der Waals surface area contributed by atoms with Crippen LogP contribution in [0.25, 0.3) is 17.2 Å². The molecule has 1 aromatic heterocycles. The molecule has 2 aromatic carbocycles. The SMILES string of the molecule is CC/C=C/n1c(NC(=O)c2cccc(Br)c2)nc2ccc(CN(C)C(=O)C3CCCCC3)cc21. The number of halogens is 1. The molecule has 1 aliphatic rings. The van der Waals surface area contributed by atoms with Crippen LogP contribution in [0.2, 0.25) is 0 Å². The summed E-state index contributed by atoms with van der Waals surface area (Å²) in [5.41, 5.74) is 3.27. The minimum absolute atomic E-state index is 0.153. The zero-order chi connectivity index (χ0) is 24.1. The molecule has 0 bridgehead atoms. The highest BCUT2D eigenvalue weighted by atomic mass is 79.9. The number of carbonyl (C=O) groups is 2. The normalized spacial score (nSPS) is 14.6. The van der Waals surface area contributed by atoms with Crippen molar-refractivity contribution in [2.24, 2.45) is 5.92 Å². The standard InChI is InChI=1S/C27H31BrN4O2/c1-3-4-15-32-24-16-19(18-31(2)26(34)20-9-6-5-7-10-20)13-14-23(24)29-27(32)30-25(33)21-11-8-12-22(28)17-21/h4,8,11-17,20H,3,5-7,9-10,18H2,1-2H3,(H,29,30,33)/b15-4+. The van der Waals surface area contributed by atoms with Gasteiger partial charge in [-0.2, -0.15) is 0 Å². The third-order valence-corrected chi connectivity index (χ3v) is 6.80. The van der Waals surface area contributed by atoms with E-state index in [1.54, 1.807) is 12.1 Å². The lowest BCUT2D eigenvalue weighted by atomic mass is 9.88. The molecule has 1 heterocycles. The van der Waals surface area contributed by atoms with Crippen molar-refractivity contribution in [1.82, 2.24) is 14.5 Å². The molecule has 6 nitrogen and oxygen atoms in total. The maximum Gasteiger partial charge on any atom is 0.258 e. The first-order valence-electron chi connectivity index (χ1n) is 12.0. The maximum absolute atomic E-state index is 12.9. The number of anilines is 1. The summed E-state index contributed by atoms with van der Waals surface area (Å²) in [6.07, 6.45) is 10.3. The Labute approximate surface area is 209 Å². The summed E-state index contributed by atoms with van der Waals surface area (Å²) >= 11 is 3.42. The highest BCUT2D eigenvalue weighted by Gasteiger charge is 2.24. The summed E-state index contributed by atoms with van der Waals surface area (Å²) in [4.78, 5) is 32.3. The number of aromatic nitrogens is 2. The molecular formula is C27H31BrN4O2. The highest BCUT2D eigenvalue weighted by molar-refractivity contribution is 9.10. The van der Waals surface area contributed by atoms with Crippen LogP contribution >= 0.6 is 15.9 Å². The zero-order valence-corrected chi connectivity index (χ0v) is 21.3. The molecule has 34 heavy (non-hydrogen) atoms. The van der Waals surface area contributed by atoms with Gasteiger partial charge in [0.25, 0.3) is 5.91 Å². The van der Waals surface area contributed by atoms with Crippen molar-refractivity contribution in [1.29, 1.82) is 0 Å². The minimum atomic E-state index is -0.221. The summed E-state index contributed by atoms with van der Waals surface area (Å²) in [7, 11) is 1.89. The Bertz CT molecular complexity index is 1210. The molecule has 0 radical (unpaired) electrons. The Morgan fingerprint density at radius 3 is 2.71 bits per heavy atom. The predicted molar refractivity (Wildman–Crippen MR) is 140 cm³/mol. The first-order chi connectivity index (χ1) is 16.5. The van der Waals surface area contributed by atoms with Crippen LogP contribution in [0.5, 0.6) is 0 Å². The Kier molecular flexibility index (Phi) is 7.83. The molecule has 1 fully saturated rings. The molecule has 0 saturated heterocycles. The second-order valence-corrected chi connectivity index (χ2v) is 9.83. The van der Waals surface area contributed by atoms with Crippen LogP contribution in [0.15, 0.2) is 53.0 Å². The van der Waals surface area contributed by atoms with Crippen molar-refractivity contribution in [3.05, 3.63) is 64.1 Å². The van der Waals surface area contributed by atoms with E-state index in [0.717, 1.165) is 53.2 Å². The van der Waals surface area contributed by atoms with E-state index >= 15 is 0 Å². The number of rotatable bonds is 7. The van der Waals surface area contributed by atoms with Crippen molar-refractivity contribution in [3.8, 4) is 0 Å². The van der Waals surface area contributed by atoms with Gasteiger partial charge >= 0.3 is 0 Å². The molecule has 4 rings (SSSR count). The molecular weight excluding hydrogens is 492 g/mol. The van der Waals surface area contributed by atoms with E-state index in [1.165, 1.54) is 6.42 Å². The fraction of sp³-hybridized carbons (Fsp3) is 0.370. The van der Waals surface area contributed by atoms with Crippen LogP contribution in [0, 0.1) is 5.92 Å². The quantitative estimate of drug-likeness (QED) is 0.386. The molecule has 1 aliphatic carbocycles. The Morgan fingerprint density at radius 1 is 1.18 bits per heavy atom. The van der Waals surface area contributed by atoms with Crippen LogP contribution in [0.4, 0.5) is 5.95 Å². The number of nitrogens with one attached hydrogen (secondary N) is 1. The van der Waals surface area contributed by atoms with E-state index in [-0.39, 0.29) is 17.7 Å². The lowest BCUT2D eigenvalue weighted by Crippen LogP contribution is -2.33.